The van der Waals surface area contributed by atoms with Gasteiger partial charge < -0.3 is 10.5 Å². The molecule has 0 amide bonds. The van der Waals surface area contributed by atoms with Gasteiger partial charge in [0.1, 0.15) is 0 Å². The number of nitrogens with two attached hydrogens (primary N) is 1. The quantitative estimate of drug-likeness (QED) is 0.859. The number of piperazine rings is 1. The van der Waals surface area contributed by atoms with E-state index in [9.17, 15) is 0 Å². The van der Waals surface area contributed by atoms with Gasteiger partial charge >= 0.3 is 0 Å². The zero-order valence-corrected chi connectivity index (χ0v) is 13.7. The molecule has 2 N–H and O–H groups in total. The topological polar surface area (TPSA) is 41.7 Å². The van der Waals surface area contributed by atoms with Crippen molar-refractivity contribution in [3.8, 4) is 0 Å². The van der Waals surface area contributed by atoms with Gasteiger partial charge in [-0.05, 0) is 38.6 Å². The summed E-state index contributed by atoms with van der Waals surface area (Å²) < 4.78 is 5.98. The third kappa shape index (κ3) is 3.29. The van der Waals surface area contributed by atoms with Gasteiger partial charge in [0.05, 0.1) is 6.10 Å². The summed E-state index contributed by atoms with van der Waals surface area (Å²) >= 11 is 0. The van der Waals surface area contributed by atoms with Crippen molar-refractivity contribution < 1.29 is 4.74 Å². The van der Waals surface area contributed by atoms with Crippen LogP contribution in [0.5, 0.6) is 0 Å². The van der Waals surface area contributed by atoms with Crippen LogP contribution < -0.4 is 5.73 Å². The lowest BCUT2D eigenvalue weighted by Gasteiger charge is -2.54. The molecule has 0 aromatic rings. The maximum atomic E-state index is 6.28. The van der Waals surface area contributed by atoms with Crippen LogP contribution in [0.15, 0.2) is 0 Å². The Labute approximate surface area is 130 Å². The first-order valence-electron chi connectivity index (χ1n) is 9.08. The fourth-order valence-electron chi connectivity index (χ4n) is 4.70. The van der Waals surface area contributed by atoms with E-state index < -0.39 is 0 Å². The molecule has 3 aliphatic heterocycles. The minimum Gasteiger partial charge on any atom is -0.378 e. The molecule has 0 aromatic carbocycles. The highest BCUT2D eigenvalue weighted by Gasteiger charge is 2.43. The smallest absolute Gasteiger partial charge is 0.0593 e. The van der Waals surface area contributed by atoms with E-state index in [1.807, 2.05) is 0 Å². The van der Waals surface area contributed by atoms with Crippen LogP contribution >= 0.6 is 0 Å². The minimum atomic E-state index is 0.210. The first-order valence-corrected chi connectivity index (χ1v) is 9.08. The van der Waals surface area contributed by atoms with Gasteiger partial charge in [-0.2, -0.15) is 0 Å². The molecule has 3 heterocycles. The summed E-state index contributed by atoms with van der Waals surface area (Å²) in [4.78, 5) is 5.46. The van der Waals surface area contributed by atoms with Crippen molar-refractivity contribution in [2.75, 3.05) is 39.3 Å². The minimum absolute atomic E-state index is 0.210. The van der Waals surface area contributed by atoms with Crippen LogP contribution in [0, 0.1) is 0 Å². The lowest BCUT2D eigenvalue weighted by Crippen LogP contribution is -2.66. The van der Waals surface area contributed by atoms with Crippen molar-refractivity contribution in [2.24, 2.45) is 5.73 Å². The first-order chi connectivity index (χ1) is 10.3. The Morgan fingerprint density at radius 3 is 2.95 bits per heavy atom. The van der Waals surface area contributed by atoms with Crippen molar-refractivity contribution in [1.29, 1.82) is 0 Å². The van der Waals surface area contributed by atoms with Gasteiger partial charge in [-0.15, -0.1) is 0 Å². The molecule has 3 atom stereocenters. The van der Waals surface area contributed by atoms with Crippen LogP contribution in [0.1, 0.15) is 51.9 Å². The second-order valence-corrected chi connectivity index (χ2v) is 7.30. The summed E-state index contributed by atoms with van der Waals surface area (Å²) in [6, 6.07) is 0.781. The molecule has 3 saturated heterocycles. The van der Waals surface area contributed by atoms with Crippen molar-refractivity contribution in [3.05, 3.63) is 0 Å². The van der Waals surface area contributed by atoms with Crippen LogP contribution in [-0.2, 0) is 4.74 Å². The molecule has 3 fully saturated rings. The molecule has 4 nitrogen and oxygen atoms in total. The van der Waals surface area contributed by atoms with E-state index >= 15 is 0 Å². The molecule has 3 aliphatic rings. The molecule has 3 unspecified atom stereocenters. The predicted octanol–water partition coefficient (Wildman–Crippen LogP) is 1.83. The van der Waals surface area contributed by atoms with E-state index in [2.05, 4.69) is 16.7 Å². The number of ether oxygens (including phenoxy) is 1. The molecule has 122 valence electrons. The molecule has 0 aliphatic carbocycles. The van der Waals surface area contributed by atoms with Crippen LogP contribution in [0.3, 0.4) is 0 Å². The maximum Gasteiger partial charge on any atom is 0.0593 e. The fourth-order valence-corrected chi connectivity index (χ4v) is 4.70. The summed E-state index contributed by atoms with van der Waals surface area (Å²) in [5, 5.41) is 0. The molecule has 4 heteroatoms. The van der Waals surface area contributed by atoms with E-state index in [4.69, 9.17) is 10.5 Å². The van der Waals surface area contributed by atoms with Gasteiger partial charge in [-0.1, -0.05) is 19.8 Å². The molecule has 0 aromatic heterocycles. The van der Waals surface area contributed by atoms with Gasteiger partial charge in [-0.3, -0.25) is 9.80 Å². The summed E-state index contributed by atoms with van der Waals surface area (Å²) in [6.45, 7) is 8.93. The summed E-state index contributed by atoms with van der Waals surface area (Å²) in [6.07, 6.45) is 9.27. The normalized spacial score (nSPS) is 39.1. The second-order valence-electron chi connectivity index (χ2n) is 7.30. The van der Waals surface area contributed by atoms with Gasteiger partial charge in [0.25, 0.3) is 0 Å². The zero-order chi connectivity index (χ0) is 14.7. The van der Waals surface area contributed by atoms with E-state index in [-0.39, 0.29) is 5.54 Å². The van der Waals surface area contributed by atoms with Gasteiger partial charge in [-0.25, -0.2) is 0 Å². The summed E-state index contributed by atoms with van der Waals surface area (Å²) in [5.74, 6) is 0. The number of nitrogens with zero attached hydrogens (tertiary/aromatic N) is 2. The number of piperidine rings is 1. The van der Waals surface area contributed by atoms with Crippen LogP contribution in [-0.4, -0.2) is 66.8 Å². The van der Waals surface area contributed by atoms with Crippen molar-refractivity contribution in [2.45, 2.75) is 69.6 Å². The molecule has 21 heavy (non-hydrogen) atoms. The number of fused-ring (bicyclic) bond motifs is 1. The number of hydrogen-bond acceptors (Lipinski definition) is 4. The second kappa shape index (κ2) is 6.95. The number of hydrogen-bond donors (Lipinski definition) is 1. The number of rotatable bonds is 4. The Morgan fingerprint density at radius 2 is 2.14 bits per heavy atom. The van der Waals surface area contributed by atoms with Gasteiger partial charge in [0, 0.05) is 44.4 Å². The van der Waals surface area contributed by atoms with Crippen molar-refractivity contribution in [3.63, 3.8) is 0 Å². The Morgan fingerprint density at radius 1 is 1.24 bits per heavy atom. The Bertz CT molecular complexity index is 336. The van der Waals surface area contributed by atoms with Crippen molar-refractivity contribution in [1.82, 2.24) is 9.80 Å². The van der Waals surface area contributed by atoms with Gasteiger partial charge in [0.15, 0.2) is 0 Å². The molecular weight excluding hydrogens is 262 g/mol. The molecule has 0 bridgehead atoms. The Hall–Kier alpha value is -0.160. The standard InChI is InChI=1S/C17H33N3O/c1-2-5-16-12-17(14-18,7-11-21-16)20-10-9-19-8-4-3-6-15(19)13-20/h15-16H,2-14,18H2,1H3. The van der Waals surface area contributed by atoms with Crippen molar-refractivity contribution >= 4 is 0 Å². The first kappa shape index (κ1) is 15.7. The maximum absolute atomic E-state index is 6.28. The highest BCUT2D eigenvalue weighted by atomic mass is 16.5. The fraction of sp³-hybridized carbons (Fsp3) is 1.00. The van der Waals surface area contributed by atoms with Gasteiger partial charge in [0.2, 0.25) is 0 Å². The lowest BCUT2D eigenvalue weighted by molar-refractivity contribution is -0.0953. The SMILES string of the molecule is CCCC1CC(CN)(N2CCN3CCCCC3C2)CCO1. The van der Waals surface area contributed by atoms with E-state index in [1.165, 1.54) is 58.3 Å². The van der Waals surface area contributed by atoms with E-state index in [0.29, 0.717) is 6.10 Å². The average Bonchev–Trinajstić information content (AvgIpc) is 2.55. The molecule has 3 rings (SSSR count). The largest absolute Gasteiger partial charge is 0.378 e. The summed E-state index contributed by atoms with van der Waals surface area (Å²) in [5.41, 5.74) is 6.49. The van der Waals surface area contributed by atoms with E-state index in [0.717, 1.165) is 32.0 Å². The monoisotopic (exact) mass is 295 g/mol. The van der Waals surface area contributed by atoms with E-state index in [1.54, 1.807) is 0 Å². The zero-order valence-electron chi connectivity index (χ0n) is 13.7. The van der Waals surface area contributed by atoms with Crippen LogP contribution in [0.2, 0.25) is 0 Å². The van der Waals surface area contributed by atoms with Crippen LogP contribution in [0.25, 0.3) is 0 Å². The molecular formula is C17H33N3O. The third-order valence-electron chi connectivity index (χ3n) is 6.03. The lowest BCUT2D eigenvalue weighted by atomic mass is 9.82. The van der Waals surface area contributed by atoms with Crippen LogP contribution in [0.4, 0.5) is 0 Å². The third-order valence-corrected chi connectivity index (χ3v) is 6.03. The highest BCUT2D eigenvalue weighted by Crippen LogP contribution is 2.34. The Kier molecular flexibility index (Phi) is 5.20. The summed E-state index contributed by atoms with van der Waals surface area (Å²) in [7, 11) is 0. The molecule has 0 spiro atoms. The average molecular weight is 295 g/mol. The molecule has 0 saturated carbocycles. The highest BCUT2D eigenvalue weighted by molar-refractivity contribution is 5.00. The Balaban J connectivity index is 1.67. The predicted molar refractivity (Wildman–Crippen MR) is 86.5 cm³/mol. The molecule has 0 radical (unpaired) electrons.